The quantitative estimate of drug-likeness (QED) is 0.479. The number of anilines is 2. The fraction of sp³-hybridized carbons (Fsp3) is 0.182. The van der Waals surface area contributed by atoms with E-state index in [4.69, 9.17) is 9.84 Å². The Bertz CT molecular complexity index is 1020. The number of benzene rings is 2. The van der Waals surface area contributed by atoms with Crippen LogP contribution in [0.3, 0.4) is 0 Å². The molecule has 1 unspecified atom stereocenters. The Labute approximate surface area is 182 Å². The Morgan fingerprint density at radius 1 is 1.13 bits per heavy atom. The zero-order valence-electron chi connectivity index (χ0n) is 16.6. The van der Waals surface area contributed by atoms with Crippen molar-refractivity contribution in [3.05, 3.63) is 60.7 Å². The van der Waals surface area contributed by atoms with Gasteiger partial charge in [-0.2, -0.15) is 0 Å². The summed E-state index contributed by atoms with van der Waals surface area (Å²) in [5.41, 5.74) is 0.989. The van der Waals surface area contributed by atoms with Gasteiger partial charge in [0.1, 0.15) is 5.75 Å². The summed E-state index contributed by atoms with van der Waals surface area (Å²) in [6.45, 7) is 2.40. The van der Waals surface area contributed by atoms with Gasteiger partial charge in [-0.25, -0.2) is 9.69 Å². The first kappa shape index (κ1) is 22.1. The Balaban J connectivity index is 1.62. The van der Waals surface area contributed by atoms with Gasteiger partial charge in [-0.15, -0.1) is 11.8 Å². The topological polar surface area (TPSA) is 113 Å². The summed E-state index contributed by atoms with van der Waals surface area (Å²) < 4.78 is 5.39. The number of carbonyl (C=O) groups is 4. The fourth-order valence-electron chi connectivity index (χ4n) is 2.94. The first-order chi connectivity index (χ1) is 14.9. The van der Waals surface area contributed by atoms with Crippen LogP contribution in [0.25, 0.3) is 0 Å². The standard InChI is InChI=1S/C22H20N2O6S/c1-2-30-16-7-5-15(6-8-16)24-20(26)13-18(22(24)29)31-17-9-3-14(4-10-17)23-19(25)11-12-21(27)28/h3-12,18H,2,13H2,1H3,(H,23,25)(H,27,28)/b12-11+. The van der Waals surface area contributed by atoms with Crippen LogP contribution in [0.15, 0.2) is 65.6 Å². The first-order valence-corrected chi connectivity index (χ1v) is 10.3. The molecule has 1 aliphatic rings. The highest BCUT2D eigenvalue weighted by Crippen LogP contribution is 2.34. The third-order valence-electron chi connectivity index (χ3n) is 4.29. The SMILES string of the molecule is CCOc1ccc(N2C(=O)CC(Sc3ccc(NC(=O)/C=C/C(=O)O)cc3)C2=O)cc1. The number of rotatable bonds is 8. The zero-order chi connectivity index (χ0) is 22.4. The number of thioether (sulfide) groups is 1. The van der Waals surface area contributed by atoms with Crippen molar-refractivity contribution in [2.45, 2.75) is 23.5 Å². The second-order valence-corrected chi connectivity index (χ2v) is 7.77. The molecule has 8 nitrogen and oxygen atoms in total. The van der Waals surface area contributed by atoms with Crippen molar-refractivity contribution in [3.8, 4) is 5.75 Å². The number of carboxylic acid groups (broad SMARTS) is 1. The lowest BCUT2D eigenvalue weighted by atomic mass is 10.3. The van der Waals surface area contributed by atoms with Crippen LogP contribution in [0.4, 0.5) is 11.4 Å². The summed E-state index contributed by atoms with van der Waals surface area (Å²) in [5, 5.41) is 10.5. The molecule has 1 fully saturated rings. The van der Waals surface area contributed by atoms with E-state index in [1.807, 2.05) is 6.92 Å². The Morgan fingerprint density at radius 3 is 2.42 bits per heavy atom. The summed E-state index contributed by atoms with van der Waals surface area (Å²) in [4.78, 5) is 49.3. The summed E-state index contributed by atoms with van der Waals surface area (Å²) >= 11 is 1.27. The summed E-state index contributed by atoms with van der Waals surface area (Å²) in [6, 6.07) is 13.5. The molecule has 160 valence electrons. The predicted molar refractivity (Wildman–Crippen MR) is 116 cm³/mol. The van der Waals surface area contributed by atoms with Gasteiger partial charge >= 0.3 is 5.97 Å². The smallest absolute Gasteiger partial charge is 0.328 e. The minimum Gasteiger partial charge on any atom is -0.494 e. The van der Waals surface area contributed by atoms with Gasteiger partial charge in [0.25, 0.3) is 0 Å². The molecule has 2 N–H and O–H groups in total. The number of aliphatic carboxylic acids is 1. The van der Waals surface area contributed by atoms with Crippen molar-refractivity contribution in [2.24, 2.45) is 0 Å². The lowest BCUT2D eigenvalue weighted by Crippen LogP contribution is -2.31. The van der Waals surface area contributed by atoms with Crippen LogP contribution in [0.1, 0.15) is 13.3 Å². The van der Waals surface area contributed by atoms with Crippen molar-refractivity contribution in [3.63, 3.8) is 0 Å². The maximum absolute atomic E-state index is 12.8. The summed E-state index contributed by atoms with van der Waals surface area (Å²) in [6.07, 6.45) is 1.76. The third-order valence-corrected chi connectivity index (χ3v) is 5.49. The number of nitrogens with one attached hydrogen (secondary N) is 1. The second-order valence-electron chi connectivity index (χ2n) is 6.49. The van der Waals surface area contributed by atoms with E-state index in [1.165, 1.54) is 16.7 Å². The highest BCUT2D eigenvalue weighted by Gasteiger charge is 2.40. The molecular formula is C22H20N2O6S. The Morgan fingerprint density at radius 2 is 1.81 bits per heavy atom. The van der Waals surface area contributed by atoms with Gasteiger partial charge < -0.3 is 15.2 Å². The van der Waals surface area contributed by atoms with Crippen molar-refractivity contribution in [1.29, 1.82) is 0 Å². The van der Waals surface area contributed by atoms with E-state index in [0.717, 1.165) is 17.0 Å². The first-order valence-electron chi connectivity index (χ1n) is 9.45. The number of hydrogen-bond donors (Lipinski definition) is 2. The maximum Gasteiger partial charge on any atom is 0.328 e. The van der Waals surface area contributed by atoms with Crippen LogP contribution in [0.5, 0.6) is 5.75 Å². The molecule has 0 bridgehead atoms. The molecule has 0 aliphatic carbocycles. The molecule has 3 rings (SSSR count). The normalized spacial score (nSPS) is 16.0. The Hall–Kier alpha value is -3.59. The number of carbonyl (C=O) groups excluding carboxylic acids is 3. The van der Waals surface area contributed by atoms with Crippen molar-refractivity contribution < 1.29 is 29.0 Å². The predicted octanol–water partition coefficient (Wildman–Crippen LogP) is 3.09. The van der Waals surface area contributed by atoms with E-state index in [-0.39, 0.29) is 18.2 Å². The molecule has 9 heteroatoms. The molecule has 0 saturated carbocycles. The van der Waals surface area contributed by atoms with E-state index in [1.54, 1.807) is 48.5 Å². The van der Waals surface area contributed by atoms with Crippen molar-refractivity contribution in [2.75, 3.05) is 16.8 Å². The molecule has 0 radical (unpaired) electrons. The molecule has 3 amide bonds. The van der Waals surface area contributed by atoms with Crippen LogP contribution in [0, 0.1) is 0 Å². The Kier molecular flexibility index (Phi) is 7.09. The zero-order valence-corrected chi connectivity index (χ0v) is 17.4. The number of carboxylic acids is 1. The van der Waals surface area contributed by atoms with Gasteiger partial charge in [-0.1, -0.05) is 0 Å². The molecule has 2 aromatic carbocycles. The van der Waals surface area contributed by atoms with Gasteiger partial charge in [0.15, 0.2) is 0 Å². The maximum atomic E-state index is 12.8. The second kappa shape index (κ2) is 9.94. The minimum absolute atomic E-state index is 0.0924. The van der Waals surface area contributed by atoms with Gasteiger partial charge in [0, 0.05) is 29.2 Å². The van der Waals surface area contributed by atoms with E-state index in [9.17, 15) is 19.2 Å². The highest BCUT2D eigenvalue weighted by atomic mass is 32.2. The van der Waals surface area contributed by atoms with Crippen molar-refractivity contribution >= 4 is 46.8 Å². The number of imide groups is 1. The van der Waals surface area contributed by atoms with Gasteiger partial charge in [-0.05, 0) is 55.5 Å². The molecule has 1 atom stereocenters. The van der Waals surface area contributed by atoms with Crippen LogP contribution in [-0.2, 0) is 19.2 Å². The monoisotopic (exact) mass is 440 g/mol. The van der Waals surface area contributed by atoms with E-state index >= 15 is 0 Å². The van der Waals surface area contributed by atoms with Gasteiger partial charge in [-0.3, -0.25) is 14.4 Å². The van der Waals surface area contributed by atoms with E-state index in [0.29, 0.717) is 23.7 Å². The molecule has 1 aliphatic heterocycles. The van der Waals surface area contributed by atoms with Gasteiger partial charge in [0.05, 0.1) is 17.5 Å². The number of nitrogens with zero attached hydrogens (tertiary/aromatic N) is 1. The van der Waals surface area contributed by atoms with Crippen LogP contribution in [-0.4, -0.2) is 40.7 Å². The van der Waals surface area contributed by atoms with E-state index in [2.05, 4.69) is 5.32 Å². The molecule has 31 heavy (non-hydrogen) atoms. The highest BCUT2D eigenvalue weighted by molar-refractivity contribution is 8.00. The van der Waals surface area contributed by atoms with Crippen LogP contribution in [0.2, 0.25) is 0 Å². The average molecular weight is 440 g/mol. The number of amides is 3. The van der Waals surface area contributed by atoms with Crippen LogP contribution >= 0.6 is 11.8 Å². The molecule has 0 spiro atoms. The van der Waals surface area contributed by atoms with Crippen LogP contribution < -0.4 is 15.0 Å². The lowest BCUT2D eigenvalue weighted by Gasteiger charge is -2.15. The van der Waals surface area contributed by atoms with E-state index < -0.39 is 17.1 Å². The number of hydrogen-bond acceptors (Lipinski definition) is 6. The summed E-state index contributed by atoms with van der Waals surface area (Å²) in [5.74, 6) is -1.65. The summed E-state index contributed by atoms with van der Waals surface area (Å²) in [7, 11) is 0. The number of ether oxygens (including phenoxy) is 1. The molecule has 0 aromatic heterocycles. The molecular weight excluding hydrogens is 420 g/mol. The van der Waals surface area contributed by atoms with Crippen molar-refractivity contribution in [1.82, 2.24) is 0 Å². The third kappa shape index (κ3) is 5.73. The van der Waals surface area contributed by atoms with Gasteiger partial charge in [0.2, 0.25) is 17.7 Å². The largest absolute Gasteiger partial charge is 0.494 e. The fourth-order valence-corrected chi connectivity index (χ4v) is 3.99. The lowest BCUT2D eigenvalue weighted by molar-refractivity contribution is -0.131. The molecule has 2 aromatic rings. The molecule has 1 heterocycles. The average Bonchev–Trinajstić information content (AvgIpc) is 3.02. The minimum atomic E-state index is -1.21. The molecule has 1 saturated heterocycles.